The van der Waals surface area contributed by atoms with Gasteiger partial charge in [-0.3, -0.25) is 4.90 Å². The summed E-state index contributed by atoms with van der Waals surface area (Å²) < 4.78 is 5.14. The highest BCUT2D eigenvalue weighted by atomic mass is 16.5. The molecule has 1 fully saturated rings. The van der Waals surface area contributed by atoms with E-state index in [-0.39, 0.29) is 0 Å². The molecule has 0 bridgehead atoms. The van der Waals surface area contributed by atoms with E-state index in [1.165, 1.54) is 18.5 Å². The van der Waals surface area contributed by atoms with E-state index in [0.717, 1.165) is 6.54 Å². The smallest absolute Gasteiger partial charge is 0.212 e. The minimum atomic E-state index is 0.464. The highest BCUT2D eigenvalue weighted by molar-refractivity contribution is 5.23. The van der Waals surface area contributed by atoms with Gasteiger partial charge >= 0.3 is 0 Å². The van der Waals surface area contributed by atoms with Gasteiger partial charge in [-0.05, 0) is 51.9 Å². The van der Waals surface area contributed by atoms with E-state index in [0.29, 0.717) is 23.9 Å². The monoisotopic (exact) mass is 263 g/mol. The molecule has 1 saturated heterocycles. The molecule has 0 aromatic carbocycles. The summed E-state index contributed by atoms with van der Waals surface area (Å²) in [6.45, 7) is 6.76. The number of likely N-dealkylation sites (tertiary alicyclic amines) is 1. The molecule has 0 spiro atoms. The molecular weight excluding hydrogens is 238 g/mol. The SMILES string of the molecule is CNCC1CCN(C(C)C)C1c1ccc(OC)nc1. The van der Waals surface area contributed by atoms with Crippen molar-refractivity contribution in [2.24, 2.45) is 5.92 Å². The zero-order valence-corrected chi connectivity index (χ0v) is 12.4. The third-order valence-corrected chi connectivity index (χ3v) is 4.00. The number of nitrogens with one attached hydrogen (secondary N) is 1. The Labute approximate surface area is 116 Å². The second kappa shape index (κ2) is 6.35. The molecule has 2 rings (SSSR count). The number of pyridine rings is 1. The maximum Gasteiger partial charge on any atom is 0.212 e. The molecule has 0 saturated carbocycles. The lowest BCUT2D eigenvalue weighted by atomic mass is 9.94. The molecule has 19 heavy (non-hydrogen) atoms. The van der Waals surface area contributed by atoms with Crippen LogP contribution in [0.25, 0.3) is 0 Å². The first kappa shape index (κ1) is 14.3. The third-order valence-electron chi connectivity index (χ3n) is 4.00. The minimum absolute atomic E-state index is 0.464. The van der Waals surface area contributed by atoms with Crippen LogP contribution in [-0.2, 0) is 0 Å². The molecule has 106 valence electrons. The predicted molar refractivity (Wildman–Crippen MR) is 77.4 cm³/mol. The van der Waals surface area contributed by atoms with Gasteiger partial charge in [0, 0.05) is 24.3 Å². The first-order valence-corrected chi connectivity index (χ1v) is 7.07. The Morgan fingerprint density at radius 2 is 2.26 bits per heavy atom. The molecule has 0 amide bonds. The van der Waals surface area contributed by atoms with Crippen molar-refractivity contribution in [1.29, 1.82) is 0 Å². The fraction of sp³-hybridized carbons (Fsp3) is 0.667. The van der Waals surface area contributed by atoms with Crippen LogP contribution in [0.5, 0.6) is 5.88 Å². The Kier molecular flexibility index (Phi) is 4.77. The second-order valence-electron chi connectivity index (χ2n) is 5.52. The number of ether oxygens (including phenoxy) is 1. The van der Waals surface area contributed by atoms with Gasteiger partial charge in [0.15, 0.2) is 0 Å². The van der Waals surface area contributed by atoms with E-state index in [4.69, 9.17) is 4.74 Å². The van der Waals surface area contributed by atoms with E-state index in [1.54, 1.807) is 7.11 Å². The molecule has 1 aliphatic heterocycles. The average molecular weight is 263 g/mol. The van der Waals surface area contributed by atoms with Crippen LogP contribution >= 0.6 is 0 Å². The minimum Gasteiger partial charge on any atom is -0.481 e. The fourth-order valence-electron chi connectivity index (χ4n) is 3.09. The Morgan fingerprint density at radius 1 is 1.47 bits per heavy atom. The molecule has 4 nitrogen and oxygen atoms in total. The van der Waals surface area contributed by atoms with E-state index < -0.39 is 0 Å². The Bertz CT molecular complexity index is 391. The second-order valence-corrected chi connectivity index (χ2v) is 5.52. The molecule has 0 radical (unpaired) electrons. The average Bonchev–Trinajstić information content (AvgIpc) is 2.83. The van der Waals surface area contributed by atoms with Crippen LogP contribution in [0.2, 0.25) is 0 Å². The number of aromatic nitrogens is 1. The number of hydrogen-bond donors (Lipinski definition) is 1. The lowest BCUT2D eigenvalue weighted by Gasteiger charge is -2.31. The molecule has 1 N–H and O–H groups in total. The van der Waals surface area contributed by atoms with Crippen molar-refractivity contribution in [3.05, 3.63) is 23.9 Å². The molecule has 1 aromatic rings. The fourth-order valence-corrected chi connectivity index (χ4v) is 3.09. The molecule has 2 atom stereocenters. The van der Waals surface area contributed by atoms with E-state index in [2.05, 4.69) is 35.1 Å². The van der Waals surface area contributed by atoms with Crippen LogP contribution in [0.15, 0.2) is 18.3 Å². The predicted octanol–water partition coefficient (Wildman–Crippen LogP) is 2.08. The summed E-state index contributed by atoms with van der Waals surface area (Å²) in [5.41, 5.74) is 1.30. The summed E-state index contributed by atoms with van der Waals surface area (Å²) >= 11 is 0. The Balaban J connectivity index is 2.23. The summed E-state index contributed by atoms with van der Waals surface area (Å²) in [6, 6.07) is 5.14. The quantitative estimate of drug-likeness (QED) is 0.882. The van der Waals surface area contributed by atoms with Gasteiger partial charge in [0.25, 0.3) is 0 Å². The van der Waals surface area contributed by atoms with Gasteiger partial charge in [0.1, 0.15) is 0 Å². The molecule has 1 aliphatic rings. The summed E-state index contributed by atoms with van der Waals surface area (Å²) in [5.74, 6) is 1.34. The van der Waals surface area contributed by atoms with E-state index >= 15 is 0 Å². The third kappa shape index (κ3) is 3.07. The van der Waals surface area contributed by atoms with Crippen molar-refractivity contribution in [2.45, 2.75) is 32.4 Å². The molecular formula is C15H25N3O. The number of rotatable bonds is 5. The lowest BCUT2D eigenvalue weighted by Crippen LogP contribution is -2.33. The maximum absolute atomic E-state index is 5.14. The Hall–Kier alpha value is -1.13. The van der Waals surface area contributed by atoms with Gasteiger partial charge in [-0.2, -0.15) is 0 Å². The van der Waals surface area contributed by atoms with Crippen molar-refractivity contribution in [2.75, 3.05) is 27.2 Å². The molecule has 2 heterocycles. The molecule has 4 heteroatoms. The van der Waals surface area contributed by atoms with Gasteiger partial charge in [-0.25, -0.2) is 4.98 Å². The van der Waals surface area contributed by atoms with Crippen molar-refractivity contribution in [3.63, 3.8) is 0 Å². The van der Waals surface area contributed by atoms with Crippen LogP contribution < -0.4 is 10.1 Å². The van der Waals surface area contributed by atoms with Crippen molar-refractivity contribution < 1.29 is 4.74 Å². The molecule has 2 unspecified atom stereocenters. The highest BCUT2D eigenvalue weighted by Crippen LogP contribution is 2.38. The van der Waals surface area contributed by atoms with Gasteiger partial charge in [-0.1, -0.05) is 6.07 Å². The van der Waals surface area contributed by atoms with E-state index in [9.17, 15) is 0 Å². The van der Waals surface area contributed by atoms with Crippen molar-refractivity contribution in [3.8, 4) is 5.88 Å². The van der Waals surface area contributed by atoms with Gasteiger partial charge in [-0.15, -0.1) is 0 Å². The number of nitrogens with zero attached hydrogens (tertiary/aromatic N) is 2. The summed E-state index contributed by atoms with van der Waals surface area (Å²) in [5, 5.41) is 3.32. The van der Waals surface area contributed by atoms with Crippen LogP contribution in [0.3, 0.4) is 0 Å². The van der Waals surface area contributed by atoms with Gasteiger partial charge in [0.05, 0.1) is 7.11 Å². The molecule has 1 aromatic heterocycles. The van der Waals surface area contributed by atoms with Gasteiger partial charge in [0.2, 0.25) is 5.88 Å². The van der Waals surface area contributed by atoms with Crippen LogP contribution in [0.1, 0.15) is 31.9 Å². The van der Waals surface area contributed by atoms with E-state index in [1.807, 2.05) is 19.3 Å². The van der Waals surface area contributed by atoms with Crippen LogP contribution in [0.4, 0.5) is 0 Å². The topological polar surface area (TPSA) is 37.4 Å². The largest absolute Gasteiger partial charge is 0.481 e. The first-order valence-electron chi connectivity index (χ1n) is 7.07. The number of methoxy groups -OCH3 is 1. The standard InChI is InChI=1S/C15H25N3O/c1-11(2)18-8-7-13(9-16-3)15(18)12-5-6-14(19-4)17-10-12/h5-6,10-11,13,15-16H,7-9H2,1-4H3. The van der Waals surface area contributed by atoms with Crippen LogP contribution in [-0.4, -0.2) is 43.2 Å². The zero-order valence-electron chi connectivity index (χ0n) is 12.4. The number of hydrogen-bond acceptors (Lipinski definition) is 4. The summed E-state index contributed by atoms with van der Waals surface area (Å²) in [4.78, 5) is 6.94. The summed E-state index contributed by atoms with van der Waals surface area (Å²) in [7, 11) is 3.68. The van der Waals surface area contributed by atoms with Crippen LogP contribution in [0, 0.1) is 5.92 Å². The normalized spacial score (nSPS) is 24.1. The lowest BCUT2D eigenvalue weighted by molar-refractivity contribution is 0.182. The van der Waals surface area contributed by atoms with Crippen molar-refractivity contribution in [1.82, 2.24) is 15.2 Å². The molecule has 0 aliphatic carbocycles. The summed E-state index contributed by atoms with van der Waals surface area (Å²) in [6.07, 6.45) is 3.21. The van der Waals surface area contributed by atoms with Crippen molar-refractivity contribution >= 4 is 0 Å². The Morgan fingerprint density at radius 3 is 2.79 bits per heavy atom. The first-order chi connectivity index (χ1) is 9.17. The highest BCUT2D eigenvalue weighted by Gasteiger charge is 2.36. The zero-order chi connectivity index (χ0) is 13.8. The van der Waals surface area contributed by atoms with Gasteiger partial charge < -0.3 is 10.1 Å². The maximum atomic E-state index is 5.14.